The van der Waals surface area contributed by atoms with Gasteiger partial charge in [0.1, 0.15) is 5.01 Å². The fourth-order valence-corrected chi connectivity index (χ4v) is 2.04. The molecule has 0 aliphatic heterocycles. The Morgan fingerprint density at radius 3 is 2.73 bits per heavy atom. The third kappa shape index (κ3) is 2.30. The normalized spacial score (nSPS) is 10.6. The van der Waals surface area contributed by atoms with E-state index < -0.39 is 11.6 Å². The highest BCUT2D eigenvalue weighted by molar-refractivity contribution is 7.15. The van der Waals surface area contributed by atoms with E-state index in [4.69, 9.17) is 11.6 Å². The van der Waals surface area contributed by atoms with Crippen LogP contribution >= 0.6 is 22.9 Å². The minimum atomic E-state index is -0.858. The third-order valence-corrected chi connectivity index (χ3v) is 2.83. The zero-order valence-electron chi connectivity index (χ0n) is 7.38. The second-order valence-corrected chi connectivity index (χ2v) is 4.48. The van der Waals surface area contributed by atoms with Gasteiger partial charge in [0, 0.05) is 6.42 Å². The van der Waals surface area contributed by atoms with E-state index in [1.54, 1.807) is 0 Å². The fraction of sp³-hybridized carbons (Fsp3) is 0.111. The van der Waals surface area contributed by atoms with Crippen molar-refractivity contribution in [2.75, 3.05) is 0 Å². The van der Waals surface area contributed by atoms with Gasteiger partial charge in [0.2, 0.25) is 4.47 Å². The smallest absolute Gasteiger partial charge is 0.204 e. The Hall–Kier alpha value is -1.07. The van der Waals surface area contributed by atoms with Crippen LogP contribution in [0.1, 0.15) is 10.6 Å². The molecule has 1 heterocycles. The average molecular weight is 247 g/mol. The van der Waals surface area contributed by atoms with E-state index in [0.717, 1.165) is 17.4 Å². The standard InChI is InChI=1S/C9H5ClF2N2S/c10-9-14-13-7(15-9)4-5-2-1-3-6(11)8(5)12/h1-3H,4H2. The van der Waals surface area contributed by atoms with Crippen molar-refractivity contribution in [2.24, 2.45) is 0 Å². The van der Waals surface area contributed by atoms with Gasteiger partial charge in [-0.15, -0.1) is 10.2 Å². The lowest BCUT2D eigenvalue weighted by atomic mass is 10.1. The van der Waals surface area contributed by atoms with Crippen molar-refractivity contribution in [2.45, 2.75) is 6.42 Å². The molecular weight excluding hydrogens is 242 g/mol. The van der Waals surface area contributed by atoms with Crippen molar-refractivity contribution < 1.29 is 8.78 Å². The first-order valence-corrected chi connectivity index (χ1v) is 5.27. The molecule has 0 N–H and O–H groups in total. The van der Waals surface area contributed by atoms with Gasteiger partial charge in [-0.25, -0.2) is 8.78 Å². The van der Waals surface area contributed by atoms with Gasteiger partial charge in [-0.3, -0.25) is 0 Å². The Kier molecular flexibility index (Phi) is 2.93. The molecule has 15 heavy (non-hydrogen) atoms. The summed E-state index contributed by atoms with van der Waals surface area (Å²) in [6.45, 7) is 0. The molecule has 2 nitrogen and oxygen atoms in total. The van der Waals surface area contributed by atoms with Crippen molar-refractivity contribution in [1.29, 1.82) is 0 Å². The van der Waals surface area contributed by atoms with Crippen LogP contribution in [0.25, 0.3) is 0 Å². The number of hydrogen-bond donors (Lipinski definition) is 0. The van der Waals surface area contributed by atoms with Gasteiger partial charge in [-0.1, -0.05) is 23.5 Å². The van der Waals surface area contributed by atoms with Crippen molar-refractivity contribution in [3.05, 3.63) is 44.9 Å². The van der Waals surface area contributed by atoms with E-state index in [0.29, 0.717) is 9.47 Å². The lowest BCUT2D eigenvalue weighted by Gasteiger charge is -2.00. The van der Waals surface area contributed by atoms with E-state index in [2.05, 4.69) is 10.2 Å². The first-order chi connectivity index (χ1) is 7.16. The highest BCUT2D eigenvalue weighted by Gasteiger charge is 2.10. The zero-order valence-corrected chi connectivity index (χ0v) is 8.95. The number of nitrogens with zero attached hydrogens (tertiary/aromatic N) is 2. The molecule has 78 valence electrons. The molecule has 0 radical (unpaired) electrons. The molecule has 6 heteroatoms. The molecule has 0 spiro atoms. The maximum atomic E-state index is 13.2. The van der Waals surface area contributed by atoms with Gasteiger partial charge >= 0.3 is 0 Å². The predicted molar refractivity (Wildman–Crippen MR) is 54.1 cm³/mol. The van der Waals surface area contributed by atoms with E-state index >= 15 is 0 Å². The molecule has 0 amide bonds. The van der Waals surface area contributed by atoms with Crippen LogP contribution in [0.5, 0.6) is 0 Å². The van der Waals surface area contributed by atoms with Gasteiger partial charge in [0.25, 0.3) is 0 Å². The molecule has 0 fully saturated rings. The van der Waals surface area contributed by atoms with E-state index in [1.807, 2.05) is 0 Å². The molecule has 0 unspecified atom stereocenters. The number of rotatable bonds is 2. The lowest BCUT2D eigenvalue weighted by molar-refractivity contribution is 0.500. The van der Waals surface area contributed by atoms with Crippen LogP contribution < -0.4 is 0 Å². The van der Waals surface area contributed by atoms with Gasteiger partial charge in [-0.2, -0.15) is 0 Å². The Balaban J connectivity index is 2.28. The van der Waals surface area contributed by atoms with Crippen LogP contribution in [0.15, 0.2) is 18.2 Å². The SMILES string of the molecule is Fc1cccc(Cc2nnc(Cl)s2)c1F. The summed E-state index contributed by atoms with van der Waals surface area (Å²) in [6.07, 6.45) is 0.202. The summed E-state index contributed by atoms with van der Waals surface area (Å²) >= 11 is 6.73. The van der Waals surface area contributed by atoms with E-state index in [9.17, 15) is 8.78 Å². The molecule has 1 aromatic heterocycles. The maximum Gasteiger partial charge on any atom is 0.207 e. The van der Waals surface area contributed by atoms with E-state index in [1.165, 1.54) is 12.1 Å². The largest absolute Gasteiger partial charge is 0.207 e. The monoisotopic (exact) mass is 246 g/mol. The average Bonchev–Trinajstić information content (AvgIpc) is 2.59. The van der Waals surface area contributed by atoms with Crippen LogP contribution in [-0.4, -0.2) is 10.2 Å². The first-order valence-electron chi connectivity index (χ1n) is 4.07. The summed E-state index contributed by atoms with van der Waals surface area (Å²) in [4.78, 5) is 0. The van der Waals surface area contributed by atoms with Crippen LogP contribution in [-0.2, 0) is 6.42 Å². The number of halogens is 3. The van der Waals surface area contributed by atoms with Crippen molar-refractivity contribution in [3.8, 4) is 0 Å². The van der Waals surface area contributed by atoms with Gasteiger partial charge in [0.05, 0.1) is 0 Å². The molecule has 2 rings (SSSR count). The van der Waals surface area contributed by atoms with Crippen LogP contribution in [0.4, 0.5) is 8.78 Å². The summed E-state index contributed by atoms with van der Waals surface area (Å²) in [7, 11) is 0. The van der Waals surface area contributed by atoms with Crippen LogP contribution in [0.3, 0.4) is 0 Å². The zero-order chi connectivity index (χ0) is 10.8. The molecular formula is C9H5ClF2N2S. The second kappa shape index (κ2) is 4.20. The molecule has 0 saturated carbocycles. The Morgan fingerprint density at radius 1 is 1.27 bits per heavy atom. The molecule has 1 aromatic carbocycles. The number of benzene rings is 1. The molecule has 0 atom stereocenters. The van der Waals surface area contributed by atoms with Crippen molar-refractivity contribution in [3.63, 3.8) is 0 Å². The highest BCUT2D eigenvalue weighted by atomic mass is 35.5. The van der Waals surface area contributed by atoms with Crippen LogP contribution in [0.2, 0.25) is 4.47 Å². The fourth-order valence-electron chi connectivity index (χ4n) is 1.15. The number of aromatic nitrogens is 2. The highest BCUT2D eigenvalue weighted by Crippen LogP contribution is 2.20. The third-order valence-electron chi connectivity index (χ3n) is 1.82. The lowest BCUT2D eigenvalue weighted by Crippen LogP contribution is -1.95. The Labute approximate surface area is 93.5 Å². The quantitative estimate of drug-likeness (QED) is 0.814. The molecule has 0 aliphatic rings. The Bertz CT molecular complexity index is 487. The minimum Gasteiger partial charge on any atom is -0.204 e. The number of hydrogen-bond acceptors (Lipinski definition) is 3. The van der Waals surface area contributed by atoms with Gasteiger partial charge in [0.15, 0.2) is 11.6 Å². The summed E-state index contributed by atoms with van der Waals surface area (Å²) in [5, 5.41) is 7.87. The summed E-state index contributed by atoms with van der Waals surface area (Å²) in [5.74, 6) is -1.70. The van der Waals surface area contributed by atoms with Gasteiger partial charge in [-0.05, 0) is 23.2 Å². The molecule has 0 saturated heterocycles. The summed E-state index contributed by atoms with van der Waals surface area (Å²) < 4.78 is 26.4. The summed E-state index contributed by atoms with van der Waals surface area (Å²) in [6, 6.07) is 4.04. The predicted octanol–water partition coefficient (Wildman–Crippen LogP) is 3.06. The Morgan fingerprint density at radius 2 is 2.07 bits per heavy atom. The molecule has 2 aromatic rings. The topological polar surface area (TPSA) is 25.8 Å². The van der Waals surface area contributed by atoms with Crippen molar-refractivity contribution >= 4 is 22.9 Å². The van der Waals surface area contributed by atoms with Crippen LogP contribution in [0, 0.1) is 11.6 Å². The first kappa shape index (κ1) is 10.4. The van der Waals surface area contributed by atoms with Crippen molar-refractivity contribution in [1.82, 2.24) is 10.2 Å². The van der Waals surface area contributed by atoms with E-state index in [-0.39, 0.29) is 12.0 Å². The van der Waals surface area contributed by atoms with Gasteiger partial charge < -0.3 is 0 Å². The molecule has 0 bridgehead atoms. The second-order valence-electron chi connectivity index (χ2n) is 2.84. The summed E-state index contributed by atoms with van der Waals surface area (Å²) in [5.41, 5.74) is 0.253. The maximum absolute atomic E-state index is 13.2. The molecule has 0 aliphatic carbocycles. The minimum absolute atomic E-state index is 0.202.